The van der Waals surface area contributed by atoms with Crippen molar-refractivity contribution < 1.29 is 14.6 Å². The number of hydrogen-bond donors (Lipinski definition) is 1. The van der Waals surface area contributed by atoms with Crippen LogP contribution < -0.4 is 0 Å². The van der Waals surface area contributed by atoms with Crippen LogP contribution in [0, 0.1) is 0 Å². The molecule has 25 heavy (non-hydrogen) atoms. The van der Waals surface area contributed by atoms with Gasteiger partial charge in [-0.1, -0.05) is 0 Å². The molecule has 0 saturated carbocycles. The van der Waals surface area contributed by atoms with Gasteiger partial charge in [0, 0.05) is 43.9 Å². The molecule has 3 aromatic rings. The number of rotatable bonds is 7. The van der Waals surface area contributed by atoms with Crippen LogP contribution in [0.25, 0.3) is 22.8 Å². The molecule has 128 valence electrons. The fraction of sp³-hybridized carbons (Fsp3) is 0.250. The highest BCUT2D eigenvalue weighted by Gasteiger charge is 2.15. The average Bonchev–Trinajstić information content (AvgIpc) is 3.03. The lowest BCUT2D eigenvalue weighted by molar-refractivity contribution is -0.137. The van der Waals surface area contributed by atoms with E-state index in [-0.39, 0.29) is 6.54 Å². The van der Waals surface area contributed by atoms with Crippen LogP contribution in [0.3, 0.4) is 0 Å². The molecule has 9 heteroatoms. The molecule has 3 aromatic heterocycles. The van der Waals surface area contributed by atoms with Crippen molar-refractivity contribution >= 4 is 5.97 Å². The van der Waals surface area contributed by atoms with Crippen LogP contribution in [-0.4, -0.2) is 54.5 Å². The molecule has 0 aliphatic rings. The number of carbonyl (C=O) groups is 1. The molecule has 0 fully saturated rings. The number of methoxy groups -OCH3 is 1. The van der Waals surface area contributed by atoms with E-state index in [1.54, 1.807) is 31.9 Å². The van der Waals surface area contributed by atoms with Crippen LogP contribution in [0.5, 0.6) is 0 Å². The Bertz CT molecular complexity index is 848. The molecule has 3 heterocycles. The minimum absolute atomic E-state index is 0.290. The zero-order valence-electron chi connectivity index (χ0n) is 13.5. The van der Waals surface area contributed by atoms with Crippen molar-refractivity contribution in [2.24, 2.45) is 0 Å². The van der Waals surface area contributed by atoms with Crippen LogP contribution in [0.2, 0.25) is 0 Å². The Hall–Kier alpha value is -3.20. The molecule has 0 bridgehead atoms. The zero-order chi connectivity index (χ0) is 17.6. The molecule has 1 N–H and O–H groups in total. The number of carboxylic acids is 1. The third kappa shape index (κ3) is 4.01. The van der Waals surface area contributed by atoms with Gasteiger partial charge in [0.25, 0.3) is 0 Å². The smallest absolute Gasteiger partial charge is 0.325 e. The summed E-state index contributed by atoms with van der Waals surface area (Å²) in [6.45, 7) is 0.162. The Labute approximate surface area is 143 Å². The van der Waals surface area contributed by atoms with Crippen molar-refractivity contribution in [2.45, 2.75) is 13.0 Å². The van der Waals surface area contributed by atoms with Gasteiger partial charge in [-0.2, -0.15) is 5.10 Å². The van der Waals surface area contributed by atoms with Crippen molar-refractivity contribution in [1.82, 2.24) is 29.7 Å². The summed E-state index contributed by atoms with van der Waals surface area (Å²) in [5, 5.41) is 13.3. The number of hydrogen-bond acceptors (Lipinski definition) is 7. The molecule has 0 amide bonds. The van der Waals surface area contributed by atoms with E-state index in [1.165, 1.54) is 4.68 Å². The van der Waals surface area contributed by atoms with Gasteiger partial charge in [0.1, 0.15) is 6.54 Å². The predicted molar refractivity (Wildman–Crippen MR) is 87.5 cm³/mol. The van der Waals surface area contributed by atoms with E-state index in [2.05, 4.69) is 25.0 Å². The van der Waals surface area contributed by atoms with Crippen LogP contribution in [0.4, 0.5) is 0 Å². The van der Waals surface area contributed by atoms with Gasteiger partial charge in [0.2, 0.25) is 0 Å². The zero-order valence-corrected chi connectivity index (χ0v) is 13.5. The molecule has 0 unspecified atom stereocenters. The summed E-state index contributed by atoms with van der Waals surface area (Å²) in [6.07, 6.45) is 7.03. The van der Waals surface area contributed by atoms with Gasteiger partial charge in [-0.15, -0.1) is 0 Å². The molecule has 0 aromatic carbocycles. The van der Waals surface area contributed by atoms with Gasteiger partial charge in [-0.3, -0.25) is 9.78 Å². The van der Waals surface area contributed by atoms with Gasteiger partial charge >= 0.3 is 5.97 Å². The fourth-order valence-electron chi connectivity index (χ4n) is 2.23. The summed E-state index contributed by atoms with van der Waals surface area (Å²) in [5.74, 6) is 0.472. The summed E-state index contributed by atoms with van der Waals surface area (Å²) >= 11 is 0. The highest BCUT2D eigenvalue weighted by Crippen LogP contribution is 2.19. The van der Waals surface area contributed by atoms with E-state index in [0.717, 1.165) is 5.56 Å². The maximum Gasteiger partial charge on any atom is 0.325 e. The normalized spacial score (nSPS) is 10.8. The quantitative estimate of drug-likeness (QED) is 0.679. The molecule has 3 rings (SSSR count). The Kier molecular flexibility index (Phi) is 5.05. The number of carboxylic acid groups (broad SMARTS) is 1. The number of aliphatic carboxylic acids is 1. The maximum absolute atomic E-state index is 11.1. The Morgan fingerprint density at radius 1 is 1.20 bits per heavy atom. The number of aromatic nitrogens is 6. The third-order valence-corrected chi connectivity index (χ3v) is 3.38. The summed E-state index contributed by atoms with van der Waals surface area (Å²) in [7, 11) is 1.58. The second kappa shape index (κ2) is 7.58. The first-order valence-electron chi connectivity index (χ1n) is 7.54. The van der Waals surface area contributed by atoms with E-state index < -0.39 is 5.97 Å². The molecule has 0 atom stereocenters. The molecular formula is C16H16N6O3. The van der Waals surface area contributed by atoms with Crippen LogP contribution >= 0.6 is 0 Å². The monoisotopic (exact) mass is 340 g/mol. The molecular weight excluding hydrogens is 324 g/mol. The lowest BCUT2D eigenvalue weighted by Crippen LogP contribution is -2.12. The summed E-state index contributed by atoms with van der Waals surface area (Å²) < 4.78 is 6.34. The van der Waals surface area contributed by atoms with Crippen LogP contribution in [0.15, 0.2) is 36.9 Å². The van der Waals surface area contributed by atoms with E-state index in [4.69, 9.17) is 9.84 Å². The van der Waals surface area contributed by atoms with Crippen molar-refractivity contribution in [2.75, 3.05) is 13.7 Å². The van der Waals surface area contributed by atoms with E-state index >= 15 is 0 Å². The van der Waals surface area contributed by atoms with Crippen molar-refractivity contribution in [1.29, 1.82) is 0 Å². The fourth-order valence-corrected chi connectivity index (χ4v) is 2.23. The number of pyridine rings is 1. The number of ether oxygens (including phenoxy) is 1. The largest absolute Gasteiger partial charge is 0.480 e. The van der Waals surface area contributed by atoms with E-state index in [9.17, 15) is 4.79 Å². The Morgan fingerprint density at radius 2 is 1.92 bits per heavy atom. The van der Waals surface area contributed by atoms with E-state index in [1.807, 2.05) is 12.1 Å². The second-order valence-electron chi connectivity index (χ2n) is 5.18. The van der Waals surface area contributed by atoms with E-state index in [0.29, 0.717) is 36.1 Å². The van der Waals surface area contributed by atoms with Gasteiger partial charge in [0.05, 0.1) is 12.2 Å². The Morgan fingerprint density at radius 3 is 2.56 bits per heavy atom. The molecule has 0 spiro atoms. The lowest BCUT2D eigenvalue weighted by Gasteiger charge is -2.04. The summed E-state index contributed by atoms with van der Waals surface area (Å²) in [5.41, 5.74) is 1.43. The predicted octanol–water partition coefficient (Wildman–Crippen LogP) is 1.07. The van der Waals surface area contributed by atoms with Crippen molar-refractivity contribution in [3.8, 4) is 22.8 Å². The van der Waals surface area contributed by atoms with Crippen LogP contribution in [0.1, 0.15) is 5.82 Å². The van der Waals surface area contributed by atoms with Gasteiger partial charge < -0.3 is 9.84 Å². The second-order valence-corrected chi connectivity index (χ2v) is 5.18. The summed E-state index contributed by atoms with van der Waals surface area (Å²) in [6, 6.07) is 3.62. The highest BCUT2D eigenvalue weighted by molar-refractivity contribution is 5.68. The topological polar surface area (TPSA) is 116 Å². The van der Waals surface area contributed by atoms with Crippen molar-refractivity contribution in [3.05, 3.63) is 42.7 Å². The standard InChI is InChI=1S/C16H16N6O3/c1-25-7-4-13-20-16(22(21-13)10-14(23)24)12-8-18-15(19-9-12)11-2-5-17-6-3-11/h2-3,5-6,8-9H,4,7,10H2,1H3,(H,23,24). The molecule has 9 nitrogen and oxygen atoms in total. The minimum atomic E-state index is -1.00. The van der Waals surface area contributed by atoms with Crippen molar-refractivity contribution in [3.63, 3.8) is 0 Å². The first-order valence-corrected chi connectivity index (χ1v) is 7.54. The molecule has 0 aliphatic heterocycles. The van der Waals surface area contributed by atoms with Gasteiger partial charge in [-0.05, 0) is 12.1 Å². The molecule has 0 saturated heterocycles. The van der Waals surface area contributed by atoms with Gasteiger partial charge in [-0.25, -0.2) is 19.6 Å². The Balaban J connectivity index is 1.91. The molecule has 0 aliphatic carbocycles. The third-order valence-electron chi connectivity index (χ3n) is 3.38. The lowest BCUT2D eigenvalue weighted by atomic mass is 10.2. The maximum atomic E-state index is 11.1. The number of nitrogens with zero attached hydrogens (tertiary/aromatic N) is 6. The first kappa shape index (κ1) is 16.7. The van der Waals surface area contributed by atoms with Gasteiger partial charge in [0.15, 0.2) is 17.5 Å². The van der Waals surface area contributed by atoms with Crippen LogP contribution in [-0.2, 0) is 22.5 Å². The SMILES string of the molecule is COCCc1nc(-c2cnc(-c3ccncc3)nc2)n(CC(=O)O)n1. The molecule has 0 radical (unpaired) electrons. The summed E-state index contributed by atoms with van der Waals surface area (Å²) in [4.78, 5) is 28.1. The minimum Gasteiger partial charge on any atom is -0.480 e. The highest BCUT2D eigenvalue weighted by atomic mass is 16.5. The first-order chi connectivity index (χ1) is 12.2. The average molecular weight is 340 g/mol.